The van der Waals surface area contributed by atoms with Gasteiger partial charge in [-0.25, -0.2) is 13.4 Å². The third kappa shape index (κ3) is 5.10. The minimum Gasteiger partial charge on any atom is -0.491 e. The van der Waals surface area contributed by atoms with Gasteiger partial charge in [-0.15, -0.1) is 0 Å². The Morgan fingerprint density at radius 1 is 1.10 bits per heavy atom. The minimum absolute atomic E-state index is 0.00710. The van der Waals surface area contributed by atoms with Crippen LogP contribution in [0.25, 0.3) is 0 Å². The Morgan fingerprint density at radius 3 is 2.38 bits per heavy atom. The maximum Gasteiger partial charge on any atom is 0.263 e. The van der Waals surface area contributed by atoms with E-state index in [2.05, 4.69) is 14.7 Å². The topological polar surface area (TPSA) is 98.3 Å². The van der Waals surface area contributed by atoms with Crippen LogP contribution in [-0.2, 0) is 10.0 Å². The highest BCUT2D eigenvalue weighted by Crippen LogP contribution is 2.24. The minimum atomic E-state index is -3.99. The molecule has 0 fully saturated rings. The molecular weight excluding hydrogens is 414 g/mol. The predicted octanol–water partition coefficient (Wildman–Crippen LogP) is 3.95. The van der Waals surface area contributed by atoms with Crippen molar-refractivity contribution in [1.82, 2.24) is 9.97 Å². The lowest BCUT2D eigenvalue weighted by molar-refractivity contribution is 0.103. The summed E-state index contributed by atoms with van der Waals surface area (Å²) in [5.74, 6) is 0.0108. The molecule has 0 aliphatic carbocycles. The predicted molar refractivity (Wildman–Crippen MR) is 110 cm³/mol. The highest BCUT2D eigenvalue weighted by atomic mass is 35.5. The first-order chi connectivity index (χ1) is 13.8. The summed E-state index contributed by atoms with van der Waals surface area (Å²) in [6.07, 6.45) is 4.17. The Labute approximate surface area is 173 Å². The molecular formula is C20H18ClN3O4S. The van der Waals surface area contributed by atoms with E-state index in [-0.39, 0.29) is 27.4 Å². The standard InChI is InChI=1S/C20H18ClN3O4S/c1-13(2)28-16-3-5-17(6-4-16)29(26,27)24-20-18(11-15(21)12-23-20)19(25)14-7-9-22-10-8-14/h3-13H,1-2H3,(H,23,24). The average molecular weight is 432 g/mol. The van der Waals surface area contributed by atoms with E-state index in [0.717, 1.165) is 0 Å². The van der Waals surface area contributed by atoms with Crippen LogP contribution in [0.2, 0.25) is 5.02 Å². The summed E-state index contributed by atoms with van der Waals surface area (Å²) in [5.41, 5.74) is 0.367. The van der Waals surface area contributed by atoms with E-state index in [9.17, 15) is 13.2 Å². The molecule has 0 atom stereocenters. The number of carbonyl (C=O) groups excluding carboxylic acids is 1. The van der Waals surface area contributed by atoms with Crippen LogP contribution in [0.15, 0.2) is 66.0 Å². The molecule has 1 aromatic carbocycles. The van der Waals surface area contributed by atoms with Gasteiger partial charge in [0.25, 0.3) is 10.0 Å². The van der Waals surface area contributed by atoms with Gasteiger partial charge in [0.2, 0.25) is 0 Å². The number of ether oxygens (including phenoxy) is 1. The van der Waals surface area contributed by atoms with Crippen molar-refractivity contribution < 1.29 is 17.9 Å². The molecule has 3 aromatic rings. The van der Waals surface area contributed by atoms with Crippen LogP contribution in [0.5, 0.6) is 5.75 Å². The second kappa shape index (κ2) is 8.59. The van der Waals surface area contributed by atoms with Gasteiger partial charge >= 0.3 is 0 Å². The molecule has 0 bridgehead atoms. The Kier molecular flexibility index (Phi) is 6.14. The number of pyridine rings is 2. The summed E-state index contributed by atoms with van der Waals surface area (Å²) in [6, 6.07) is 10.4. The number of rotatable bonds is 7. The molecule has 2 heterocycles. The van der Waals surface area contributed by atoms with Gasteiger partial charge in [-0.05, 0) is 56.3 Å². The first kappa shape index (κ1) is 20.8. The fourth-order valence-electron chi connectivity index (χ4n) is 2.51. The zero-order valence-electron chi connectivity index (χ0n) is 15.7. The summed E-state index contributed by atoms with van der Waals surface area (Å²) in [7, 11) is -3.99. The van der Waals surface area contributed by atoms with E-state index in [1.807, 2.05) is 13.8 Å². The van der Waals surface area contributed by atoms with Crippen molar-refractivity contribution in [3.05, 3.63) is 77.2 Å². The van der Waals surface area contributed by atoms with Crippen molar-refractivity contribution in [2.75, 3.05) is 4.72 Å². The van der Waals surface area contributed by atoms with Crippen molar-refractivity contribution >= 4 is 33.2 Å². The first-order valence-corrected chi connectivity index (χ1v) is 10.5. The fraction of sp³-hybridized carbons (Fsp3) is 0.150. The lowest BCUT2D eigenvalue weighted by atomic mass is 10.1. The largest absolute Gasteiger partial charge is 0.491 e. The van der Waals surface area contributed by atoms with Gasteiger partial charge in [0.05, 0.1) is 21.6 Å². The van der Waals surface area contributed by atoms with E-state index in [1.165, 1.54) is 48.9 Å². The van der Waals surface area contributed by atoms with Crippen LogP contribution in [0.1, 0.15) is 29.8 Å². The van der Waals surface area contributed by atoms with Gasteiger partial charge in [-0.3, -0.25) is 14.5 Å². The number of nitrogens with zero attached hydrogens (tertiary/aromatic N) is 2. The van der Waals surface area contributed by atoms with E-state index >= 15 is 0 Å². The third-order valence-electron chi connectivity index (χ3n) is 3.78. The summed E-state index contributed by atoms with van der Waals surface area (Å²) >= 11 is 5.98. The Bertz CT molecular complexity index is 1120. The number of nitrogens with one attached hydrogen (secondary N) is 1. The van der Waals surface area contributed by atoms with Crippen LogP contribution in [0.4, 0.5) is 5.82 Å². The van der Waals surface area contributed by atoms with Crippen LogP contribution < -0.4 is 9.46 Å². The third-order valence-corrected chi connectivity index (χ3v) is 5.34. The molecule has 3 rings (SSSR count). The molecule has 29 heavy (non-hydrogen) atoms. The lowest BCUT2D eigenvalue weighted by Crippen LogP contribution is -2.17. The maximum atomic E-state index is 12.8. The van der Waals surface area contributed by atoms with Crippen molar-refractivity contribution in [3.63, 3.8) is 0 Å². The zero-order chi connectivity index (χ0) is 21.0. The van der Waals surface area contributed by atoms with Gasteiger partial charge in [0.15, 0.2) is 11.6 Å². The highest BCUT2D eigenvalue weighted by molar-refractivity contribution is 7.92. The summed E-state index contributed by atoms with van der Waals surface area (Å²) in [6.45, 7) is 3.75. The number of anilines is 1. The molecule has 0 radical (unpaired) electrons. The normalized spacial score (nSPS) is 11.3. The molecule has 150 valence electrons. The SMILES string of the molecule is CC(C)Oc1ccc(S(=O)(=O)Nc2ncc(Cl)cc2C(=O)c2ccncc2)cc1. The number of sulfonamides is 1. The molecule has 0 aliphatic heterocycles. The van der Waals surface area contributed by atoms with Crippen LogP contribution in [-0.4, -0.2) is 30.3 Å². The fourth-order valence-corrected chi connectivity index (χ4v) is 3.70. The summed E-state index contributed by atoms with van der Waals surface area (Å²) in [5, 5.41) is 0.209. The van der Waals surface area contributed by atoms with E-state index in [4.69, 9.17) is 16.3 Å². The molecule has 9 heteroatoms. The maximum absolute atomic E-state index is 12.8. The van der Waals surface area contributed by atoms with Crippen molar-refractivity contribution in [1.29, 1.82) is 0 Å². The Hall–Kier alpha value is -2.97. The van der Waals surface area contributed by atoms with Gasteiger partial charge in [-0.2, -0.15) is 0 Å². The van der Waals surface area contributed by atoms with E-state index < -0.39 is 15.8 Å². The van der Waals surface area contributed by atoms with Gasteiger partial charge in [-0.1, -0.05) is 11.6 Å². The molecule has 0 unspecified atom stereocenters. The Balaban J connectivity index is 1.92. The number of ketones is 1. The lowest BCUT2D eigenvalue weighted by Gasteiger charge is -2.13. The van der Waals surface area contributed by atoms with Crippen LogP contribution in [0, 0.1) is 0 Å². The first-order valence-electron chi connectivity index (χ1n) is 8.66. The second-order valence-electron chi connectivity index (χ2n) is 6.36. The van der Waals surface area contributed by atoms with Crippen molar-refractivity contribution in [3.8, 4) is 5.75 Å². The quantitative estimate of drug-likeness (QED) is 0.569. The molecule has 0 saturated heterocycles. The van der Waals surface area contributed by atoms with Gasteiger partial charge < -0.3 is 4.74 Å². The molecule has 0 aliphatic rings. The van der Waals surface area contributed by atoms with Gasteiger partial charge in [0, 0.05) is 24.2 Å². The monoisotopic (exact) mass is 431 g/mol. The number of carbonyl (C=O) groups is 1. The van der Waals surface area contributed by atoms with Crippen LogP contribution in [0.3, 0.4) is 0 Å². The number of halogens is 1. The molecule has 1 N–H and O–H groups in total. The Morgan fingerprint density at radius 2 is 1.76 bits per heavy atom. The molecule has 0 spiro atoms. The number of aromatic nitrogens is 2. The van der Waals surface area contributed by atoms with E-state index in [1.54, 1.807) is 12.1 Å². The molecule has 7 nitrogen and oxygen atoms in total. The summed E-state index contributed by atoms with van der Waals surface area (Å²) in [4.78, 5) is 20.7. The molecule has 0 amide bonds. The number of hydrogen-bond acceptors (Lipinski definition) is 6. The molecule has 2 aromatic heterocycles. The second-order valence-corrected chi connectivity index (χ2v) is 8.48. The smallest absolute Gasteiger partial charge is 0.263 e. The molecule has 0 saturated carbocycles. The van der Waals surface area contributed by atoms with Crippen molar-refractivity contribution in [2.45, 2.75) is 24.8 Å². The van der Waals surface area contributed by atoms with E-state index in [0.29, 0.717) is 11.3 Å². The van der Waals surface area contributed by atoms with Crippen molar-refractivity contribution in [2.24, 2.45) is 0 Å². The zero-order valence-corrected chi connectivity index (χ0v) is 17.2. The summed E-state index contributed by atoms with van der Waals surface area (Å²) < 4.78 is 33.5. The number of hydrogen-bond donors (Lipinski definition) is 1. The number of benzene rings is 1. The van der Waals surface area contributed by atoms with Gasteiger partial charge in [0.1, 0.15) is 5.75 Å². The highest BCUT2D eigenvalue weighted by Gasteiger charge is 2.21. The van der Waals surface area contributed by atoms with Crippen LogP contribution >= 0.6 is 11.6 Å². The average Bonchev–Trinajstić information content (AvgIpc) is 2.69.